The molecular formula is C20H26N4O. The Bertz CT molecular complexity index is 815. The van der Waals surface area contributed by atoms with Gasteiger partial charge in [-0.1, -0.05) is 18.2 Å². The van der Waals surface area contributed by atoms with E-state index in [9.17, 15) is 10.1 Å². The minimum Gasteiger partial charge on any atom is -0.341 e. The molecule has 1 aliphatic rings. The number of rotatable bonds is 3. The summed E-state index contributed by atoms with van der Waals surface area (Å²) in [4.78, 5) is 17.1. The highest BCUT2D eigenvalue weighted by Crippen LogP contribution is 2.25. The number of aromatic nitrogens is 1. The molecule has 5 nitrogen and oxygen atoms in total. The lowest BCUT2D eigenvalue weighted by molar-refractivity contribution is -0.131. The van der Waals surface area contributed by atoms with Gasteiger partial charge in [-0.15, -0.1) is 0 Å². The Morgan fingerprint density at radius 1 is 1.28 bits per heavy atom. The zero-order valence-electron chi connectivity index (χ0n) is 15.3. The fraction of sp³-hybridized carbons (Fsp3) is 0.500. The number of fused-ring (bicyclic) bond motifs is 1. The van der Waals surface area contributed by atoms with Crippen LogP contribution < -0.4 is 0 Å². The lowest BCUT2D eigenvalue weighted by Crippen LogP contribution is -2.36. The Morgan fingerprint density at radius 2 is 2.04 bits per heavy atom. The zero-order chi connectivity index (χ0) is 18.0. The molecule has 5 heteroatoms. The maximum atomic E-state index is 12.9. The van der Waals surface area contributed by atoms with Crippen LogP contribution in [0.15, 0.2) is 24.3 Å². The summed E-state index contributed by atoms with van der Waals surface area (Å²) < 4.78 is 1.99. The third kappa shape index (κ3) is 3.40. The SMILES string of the molecule is Cc1c(C#N)c2ccccc2n1CC(=O)N1CCC[C@@H](N(C)C)CC1. The number of hydrogen-bond acceptors (Lipinski definition) is 3. The van der Waals surface area contributed by atoms with Crippen molar-refractivity contribution in [3.05, 3.63) is 35.5 Å². The van der Waals surface area contributed by atoms with Crippen molar-refractivity contribution < 1.29 is 4.79 Å². The summed E-state index contributed by atoms with van der Waals surface area (Å²) in [6.45, 7) is 3.87. The minimum absolute atomic E-state index is 0.146. The first-order valence-electron chi connectivity index (χ1n) is 8.95. The first-order chi connectivity index (χ1) is 12.0. The van der Waals surface area contributed by atoms with Gasteiger partial charge in [-0.2, -0.15) is 5.26 Å². The van der Waals surface area contributed by atoms with E-state index >= 15 is 0 Å². The Hall–Kier alpha value is -2.32. The number of likely N-dealkylation sites (tertiary alicyclic amines) is 1. The van der Waals surface area contributed by atoms with Crippen LogP contribution in [0.4, 0.5) is 0 Å². The Morgan fingerprint density at radius 3 is 2.76 bits per heavy atom. The number of carbonyl (C=O) groups is 1. The lowest BCUT2D eigenvalue weighted by Gasteiger charge is -2.24. The largest absolute Gasteiger partial charge is 0.341 e. The second kappa shape index (κ2) is 7.28. The zero-order valence-corrected chi connectivity index (χ0v) is 15.3. The van der Waals surface area contributed by atoms with Gasteiger partial charge in [0.05, 0.1) is 11.1 Å². The van der Waals surface area contributed by atoms with Crippen molar-refractivity contribution in [2.45, 2.75) is 38.8 Å². The number of amides is 1. The monoisotopic (exact) mass is 338 g/mol. The average molecular weight is 338 g/mol. The van der Waals surface area contributed by atoms with Gasteiger partial charge in [0, 0.05) is 30.2 Å². The second-order valence-corrected chi connectivity index (χ2v) is 7.10. The molecule has 1 aromatic heterocycles. The van der Waals surface area contributed by atoms with E-state index in [1.54, 1.807) is 0 Å². The van der Waals surface area contributed by atoms with E-state index in [0.29, 0.717) is 18.2 Å². The van der Waals surface area contributed by atoms with Crippen molar-refractivity contribution in [1.82, 2.24) is 14.4 Å². The van der Waals surface area contributed by atoms with Gasteiger partial charge in [0.15, 0.2) is 0 Å². The van der Waals surface area contributed by atoms with Gasteiger partial charge in [0.25, 0.3) is 0 Å². The highest BCUT2D eigenvalue weighted by Gasteiger charge is 2.23. The molecule has 1 saturated heterocycles. The highest BCUT2D eigenvalue weighted by atomic mass is 16.2. The number of benzene rings is 1. The van der Waals surface area contributed by atoms with Gasteiger partial charge in [-0.05, 0) is 46.3 Å². The van der Waals surface area contributed by atoms with Crippen molar-refractivity contribution in [3.8, 4) is 6.07 Å². The molecule has 0 radical (unpaired) electrons. The summed E-state index contributed by atoms with van der Waals surface area (Å²) >= 11 is 0. The molecule has 1 amide bonds. The van der Waals surface area contributed by atoms with Crippen molar-refractivity contribution in [2.24, 2.45) is 0 Å². The third-order valence-corrected chi connectivity index (χ3v) is 5.42. The van der Waals surface area contributed by atoms with E-state index in [0.717, 1.165) is 48.9 Å². The predicted molar refractivity (Wildman–Crippen MR) is 99.3 cm³/mol. The van der Waals surface area contributed by atoms with Crippen LogP contribution in [0.2, 0.25) is 0 Å². The molecule has 25 heavy (non-hydrogen) atoms. The molecule has 1 aliphatic heterocycles. The summed E-state index contributed by atoms with van der Waals surface area (Å²) in [5.41, 5.74) is 2.51. The maximum Gasteiger partial charge on any atom is 0.242 e. The van der Waals surface area contributed by atoms with E-state index in [2.05, 4.69) is 25.1 Å². The lowest BCUT2D eigenvalue weighted by atomic mass is 10.1. The molecule has 0 aliphatic carbocycles. The topological polar surface area (TPSA) is 52.3 Å². The molecular weight excluding hydrogens is 312 g/mol. The summed E-state index contributed by atoms with van der Waals surface area (Å²) in [5, 5.41) is 10.4. The van der Waals surface area contributed by atoms with Crippen molar-refractivity contribution >= 4 is 16.8 Å². The molecule has 0 bridgehead atoms. The molecule has 1 aromatic carbocycles. The van der Waals surface area contributed by atoms with Gasteiger partial charge in [-0.25, -0.2) is 0 Å². The molecule has 2 aromatic rings. The standard InChI is InChI=1S/C20H26N4O/c1-15-18(13-21)17-8-4-5-9-19(17)24(15)14-20(25)23-11-6-7-16(10-12-23)22(2)3/h4-5,8-9,16H,6-7,10-12,14H2,1-3H3/t16-/m1/s1. The Labute approximate surface area is 149 Å². The van der Waals surface area contributed by atoms with Gasteiger partial charge < -0.3 is 14.4 Å². The quantitative estimate of drug-likeness (QED) is 0.865. The second-order valence-electron chi connectivity index (χ2n) is 7.10. The van der Waals surface area contributed by atoms with Crippen LogP contribution in [0.5, 0.6) is 0 Å². The molecule has 0 saturated carbocycles. The van der Waals surface area contributed by atoms with E-state index in [1.807, 2.05) is 40.7 Å². The van der Waals surface area contributed by atoms with Crippen LogP contribution in [0, 0.1) is 18.3 Å². The summed E-state index contributed by atoms with van der Waals surface area (Å²) in [6.07, 6.45) is 3.21. The van der Waals surface area contributed by atoms with E-state index < -0.39 is 0 Å². The van der Waals surface area contributed by atoms with Crippen LogP contribution in [-0.2, 0) is 11.3 Å². The number of nitrogens with zero attached hydrogens (tertiary/aromatic N) is 4. The van der Waals surface area contributed by atoms with Crippen molar-refractivity contribution in [1.29, 1.82) is 5.26 Å². The predicted octanol–water partition coefficient (Wildman–Crippen LogP) is 2.76. The number of carbonyl (C=O) groups excluding carboxylic acids is 1. The molecule has 1 atom stereocenters. The van der Waals surface area contributed by atoms with Gasteiger partial charge in [0.1, 0.15) is 12.6 Å². The van der Waals surface area contributed by atoms with E-state index in [4.69, 9.17) is 0 Å². The van der Waals surface area contributed by atoms with E-state index in [1.165, 1.54) is 0 Å². The molecule has 132 valence electrons. The van der Waals surface area contributed by atoms with E-state index in [-0.39, 0.29) is 5.91 Å². The third-order valence-electron chi connectivity index (χ3n) is 5.42. The fourth-order valence-corrected chi connectivity index (χ4v) is 3.86. The summed E-state index contributed by atoms with van der Waals surface area (Å²) in [5.74, 6) is 0.146. The minimum atomic E-state index is 0.146. The number of para-hydroxylation sites is 1. The maximum absolute atomic E-state index is 12.9. The highest BCUT2D eigenvalue weighted by molar-refractivity contribution is 5.89. The first kappa shape index (κ1) is 17.5. The van der Waals surface area contributed by atoms with Crippen LogP contribution in [0.3, 0.4) is 0 Å². The van der Waals surface area contributed by atoms with Crippen LogP contribution in [0.1, 0.15) is 30.5 Å². The van der Waals surface area contributed by atoms with Gasteiger partial charge in [0.2, 0.25) is 5.91 Å². The molecule has 3 rings (SSSR count). The van der Waals surface area contributed by atoms with Crippen LogP contribution in [0.25, 0.3) is 10.9 Å². The van der Waals surface area contributed by atoms with Gasteiger partial charge >= 0.3 is 0 Å². The number of hydrogen-bond donors (Lipinski definition) is 0. The van der Waals surface area contributed by atoms with Crippen LogP contribution >= 0.6 is 0 Å². The smallest absolute Gasteiger partial charge is 0.242 e. The molecule has 0 unspecified atom stereocenters. The van der Waals surface area contributed by atoms with Crippen molar-refractivity contribution in [3.63, 3.8) is 0 Å². The average Bonchev–Trinajstić information content (AvgIpc) is 2.77. The fourth-order valence-electron chi connectivity index (χ4n) is 3.86. The first-order valence-corrected chi connectivity index (χ1v) is 8.95. The normalized spacial score (nSPS) is 18.4. The summed E-state index contributed by atoms with van der Waals surface area (Å²) in [7, 11) is 4.22. The molecule has 2 heterocycles. The molecule has 1 fully saturated rings. The summed E-state index contributed by atoms with van der Waals surface area (Å²) in [6, 6.07) is 10.7. The van der Waals surface area contributed by atoms with Gasteiger partial charge in [-0.3, -0.25) is 4.79 Å². The Kier molecular flexibility index (Phi) is 5.10. The molecule has 0 N–H and O–H groups in total. The Balaban J connectivity index is 1.81. The molecule has 0 spiro atoms. The number of nitriles is 1. The van der Waals surface area contributed by atoms with Crippen molar-refractivity contribution in [2.75, 3.05) is 27.2 Å². The van der Waals surface area contributed by atoms with Crippen LogP contribution in [-0.4, -0.2) is 53.5 Å².